The average molecular weight is 270 g/mol. The molecule has 4 nitrogen and oxygen atoms in total. The van der Waals surface area contributed by atoms with E-state index in [4.69, 9.17) is 10.5 Å². The molecule has 0 aromatic carbocycles. The average Bonchev–Trinajstić information content (AvgIpc) is 2.13. The van der Waals surface area contributed by atoms with Gasteiger partial charge in [0.05, 0.1) is 5.70 Å². The third-order valence-electron chi connectivity index (χ3n) is 1.70. The lowest BCUT2D eigenvalue weighted by molar-refractivity contribution is -0.132. The molecule has 104 valence electrons. The van der Waals surface area contributed by atoms with Gasteiger partial charge in [0.15, 0.2) is 0 Å². The number of hydrogen-bond acceptors (Lipinski definition) is 3. The number of carboxylic acid groups (broad SMARTS) is 1. The quantitative estimate of drug-likeness (QED) is 0.407. The van der Waals surface area contributed by atoms with Crippen molar-refractivity contribution in [3.63, 3.8) is 0 Å². The van der Waals surface area contributed by atoms with Crippen LogP contribution < -0.4 is 5.32 Å². The zero-order chi connectivity index (χ0) is 14.7. The van der Waals surface area contributed by atoms with Crippen molar-refractivity contribution in [1.82, 2.24) is 5.32 Å². The number of halogens is 4. The van der Waals surface area contributed by atoms with E-state index in [1.165, 1.54) is 20.8 Å². The van der Waals surface area contributed by atoms with Crippen molar-refractivity contribution >= 4 is 11.7 Å². The molecular weight excluding hydrogens is 256 g/mol. The van der Waals surface area contributed by atoms with Gasteiger partial charge in [0.1, 0.15) is 11.3 Å². The van der Waals surface area contributed by atoms with E-state index in [2.05, 4.69) is 5.32 Å². The van der Waals surface area contributed by atoms with E-state index in [1.54, 1.807) is 0 Å². The molecule has 0 aliphatic carbocycles. The maximum Gasteiger partial charge on any atom is 0.339 e. The normalized spacial score (nSPS) is 13.6. The van der Waals surface area contributed by atoms with Gasteiger partial charge in [0, 0.05) is 5.54 Å². The number of aliphatic carboxylic acids is 1. The number of allylic oxidation sites excluding steroid dienone is 1. The molecule has 0 rings (SSSR count). The molecule has 0 spiro atoms. The molecular formula is C10H14F4N2O2. The molecule has 0 unspecified atom stereocenters. The summed E-state index contributed by atoms with van der Waals surface area (Å²) in [6, 6.07) is 0. The Morgan fingerprint density at radius 3 is 1.83 bits per heavy atom. The Kier molecular flexibility index (Phi) is 5.31. The van der Waals surface area contributed by atoms with E-state index >= 15 is 0 Å². The highest BCUT2D eigenvalue weighted by atomic mass is 19.3. The van der Waals surface area contributed by atoms with Crippen molar-refractivity contribution in [2.75, 3.05) is 0 Å². The van der Waals surface area contributed by atoms with Gasteiger partial charge in [-0.2, -0.15) is 0 Å². The lowest BCUT2D eigenvalue weighted by Gasteiger charge is -2.25. The molecule has 0 aromatic rings. The maximum absolute atomic E-state index is 12.7. The van der Waals surface area contributed by atoms with Crippen LogP contribution in [0.4, 0.5) is 17.6 Å². The summed E-state index contributed by atoms with van der Waals surface area (Å²) >= 11 is 0. The highest BCUT2D eigenvalue weighted by Gasteiger charge is 2.31. The number of nitrogens with one attached hydrogen (secondary N) is 2. The second kappa shape index (κ2) is 5.83. The first kappa shape index (κ1) is 16.4. The molecule has 0 saturated heterocycles. The van der Waals surface area contributed by atoms with Gasteiger partial charge in [-0.25, -0.2) is 22.4 Å². The predicted octanol–water partition coefficient (Wildman–Crippen LogP) is 2.26. The van der Waals surface area contributed by atoms with E-state index < -0.39 is 41.3 Å². The molecule has 0 aromatic heterocycles. The SMILES string of the molecule is CC(C)(C)N/C(=C(\C(=N)C(F)F)C(=O)O)C(F)F. The fraction of sp³-hybridized carbons (Fsp3) is 0.600. The summed E-state index contributed by atoms with van der Waals surface area (Å²) in [5.74, 6) is -1.99. The largest absolute Gasteiger partial charge is 0.478 e. The van der Waals surface area contributed by atoms with Crippen LogP contribution in [0.1, 0.15) is 20.8 Å². The first-order chi connectivity index (χ1) is 7.97. The van der Waals surface area contributed by atoms with Crippen molar-refractivity contribution in [1.29, 1.82) is 5.41 Å². The Hall–Kier alpha value is -1.60. The number of carbonyl (C=O) groups is 1. The van der Waals surface area contributed by atoms with Crippen molar-refractivity contribution in [2.45, 2.75) is 39.2 Å². The van der Waals surface area contributed by atoms with Gasteiger partial charge in [0.25, 0.3) is 12.9 Å². The van der Waals surface area contributed by atoms with E-state index in [0.717, 1.165) is 0 Å². The predicted molar refractivity (Wildman–Crippen MR) is 57.3 cm³/mol. The first-order valence-electron chi connectivity index (χ1n) is 4.88. The monoisotopic (exact) mass is 270 g/mol. The molecule has 18 heavy (non-hydrogen) atoms. The van der Waals surface area contributed by atoms with Gasteiger partial charge in [-0.05, 0) is 20.8 Å². The molecule has 0 amide bonds. The molecule has 0 atom stereocenters. The van der Waals surface area contributed by atoms with Crippen LogP contribution in [0.25, 0.3) is 0 Å². The molecule has 0 bridgehead atoms. The van der Waals surface area contributed by atoms with Gasteiger partial charge in [-0.15, -0.1) is 0 Å². The molecule has 0 aliphatic heterocycles. The highest BCUT2D eigenvalue weighted by molar-refractivity contribution is 6.19. The third kappa shape index (κ3) is 4.72. The fourth-order valence-corrected chi connectivity index (χ4v) is 1.11. The number of rotatable bonds is 5. The van der Waals surface area contributed by atoms with Gasteiger partial charge >= 0.3 is 5.97 Å². The van der Waals surface area contributed by atoms with Crippen molar-refractivity contribution < 1.29 is 27.5 Å². The Morgan fingerprint density at radius 2 is 1.61 bits per heavy atom. The van der Waals surface area contributed by atoms with Crippen LogP contribution in [-0.2, 0) is 4.79 Å². The Labute approximate surface area is 101 Å². The number of carboxylic acids is 1. The minimum absolute atomic E-state index is 0.950. The summed E-state index contributed by atoms with van der Waals surface area (Å²) in [6.07, 6.45) is -6.74. The number of hydrogen-bond donors (Lipinski definition) is 3. The summed E-state index contributed by atoms with van der Waals surface area (Å²) < 4.78 is 50.1. The van der Waals surface area contributed by atoms with Crippen LogP contribution in [0.15, 0.2) is 11.3 Å². The highest BCUT2D eigenvalue weighted by Crippen LogP contribution is 2.19. The zero-order valence-corrected chi connectivity index (χ0v) is 10.0. The van der Waals surface area contributed by atoms with Crippen LogP contribution in [0.3, 0.4) is 0 Å². The smallest absolute Gasteiger partial charge is 0.339 e. The molecule has 0 radical (unpaired) electrons. The second-order valence-corrected chi connectivity index (χ2v) is 4.48. The van der Waals surface area contributed by atoms with E-state index in [-0.39, 0.29) is 0 Å². The minimum atomic E-state index is -3.44. The lowest BCUT2D eigenvalue weighted by atomic mass is 10.0. The van der Waals surface area contributed by atoms with Crippen LogP contribution in [0.5, 0.6) is 0 Å². The van der Waals surface area contributed by atoms with Crippen LogP contribution in [0, 0.1) is 5.41 Å². The topological polar surface area (TPSA) is 73.2 Å². The standard InChI is InChI=1S/C10H14F4N2O2/c1-10(2,3)16-6(8(13)14)4(9(17)18)5(15)7(11)12/h7-8,15-16H,1-3H3,(H,17,18)/b6-4+,15-5?. The maximum atomic E-state index is 12.7. The summed E-state index contributed by atoms with van der Waals surface area (Å²) in [7, 11) is 0. The summed E-state index contributed by atoms with van der Waals surface area (Å²) in [4.78, 5) is 10.8. The molecule has 0 saturated carbocycles. The number of alkyl halides is 4. The molecule has 0 aliphatic rings. The van der Waals surface area contributed by atoms with E-state index in [9.17, 15) is 22.4 Å². The summed E-state index contributed by atoms with van der Waals surface area (Å²) in [5.41, 5.74) is -5.17. The third-order valence-corrected chi connectivity index (χ3v) is 1.70. The molecule has 0 heterocycles. The van der Waals surface area contributed by atoms with Gasteiger partial charge < -0.3 is 10.4 Å². The van der Waals surface area contributed by atoms with Gasteiger partial charge in [-0.1, -0.05) is 0 Å². The van der Waals surface area contributed by atoms with Gasteiger partial charge in [0.2, 0.25) is 0 Å². The molecule has 0 fully saturated rings. The van der Waals surface area contributed by atoms with Crippen molar-refractivity contribution in [3.05, 3.63) is 11.3 Å². The Bertz CT molecular complexity index is 373. The molecule has 8 heteroatoms. The van der Waals surface area contributed by atoms with Crippen LogP contribution >= 0.6 is 0 Å². The Balaban J connectivity index is 5.74. The van der Waals surface area contributed by atoms with Crippen LogP contribution in [-0.4, -0.2) is 35.2 Å². The van der Waals surface area contributed by atoms with Gasteiger partial charge in [-0.3, -0.25) is 5.41 Å². The summed E-state index contributed by atoms with van der Waals surface area (Å²) in [5, 5.41) is 17.8. The minimum Gasteiger partial charge on any atom is -0.478 e. The van der Waals surface area contributed by atoms with Crippen molar-refractivity contribution in [3.8, 4) is 0 Å². The Morgan fingerprint density at radius 1 is 1.17 bits per heavy atom. The lowest BCUT2D eigenvalue weighted by Crippen LogP contribution is -2.40. The first-order valence-corrected chi connectivity index (χ1v) is 4.88. The van der Waals surface area contributed by atoms with E-state index in [1.807, 2.05) is 0 Å². The van der Waals surface area contributed by atoms with Crippen LogP contribution in [0.2, 0.25) is 0 Å². The van der Waals surface area contributed by atoms with E-state index in [0.29, 0.717) is 0 Å². The summed E-state index contributed by atoms with van der Waals surface area (Å²) in [6.45, 7) is 4.38. The molecule has 3 N–H and O–H groups in total. The fourth-order valence-electron chi connectivity index (χ4n) is 1.11. The zero-order valence-electron chi connectivity index (χ0n) is 10.0. The van der Waals surface area contributed by atoms with Crippen molar-refractivity contribution in [2.24, 2.45) is 0 Å². The second-order valence-electron chi connectivity index (χ2n) is 4.48.